The molecule has 1 aromatic carbocycles. The second-order valence-corrected chi connectivity index (χ2v) is 6.50. The van der Waals surface area contributed by atoms with Crippen LogP contribution in [0.3, 0.4) is 0 Å². The van der Waals surface area contributed by atoms with Crippen LogP contribution in [0.5, 0.6) is 5.75 Å². The zero-order valence-electron chi connectivity index (χ0n) is 14.8. The van der Waals surface area contributed by atoms with Gasteiger partial charge >= 0.3 is 5.97 Å². The molecule has 1 saturated heterocycles. The van der Waals surface area contributed by atoms with Crippen molar-refractivity contribution >= 4 is 17.6 Å². The van der Waals surface area contributed by atoms with Crippen LogP contribution in [0.2, 0.25) is 0 Å². The highest BCUT2D eigenvalue weighted by atomic mass is 16.5. The first-order chi connectivity index (χ1) is 12.0. The average molecular weight is 349 g/mol. The van der Waals surface area contributed by atoms with Crippen molar-refractivity contribution in [3.05, 3.63) is 23.8 Å². The van der Waals surface area contributed by atoms with E-state index in [2.05, 4.69) is 5.32 Å². The third-order valence-corrected chi connectivity index (χ3v) is 4.33. The Kier molecular flexibility index (Phi) is 7.73. The van der Waals surface area contributed by atoms with E-state index in [0.29, 0.717) is 37.5 Å². The summed E-state index contributed by atoms with van der Waals surface area (Å²) in [6.45, 7) is 4.24. The number of ether oxygens (including phenoxy) is 2. The number of hydrogen-bond acceptors (Lipinski definition) is 4. The number of hydrogen-bond donors (Lipinski definition) is 2. The number of carbonyl (C=O) groups excluding carboxylic acids is 1. The van der Waals surface area contributed by atoms with Crippen molar-refractivity contribution in [1.29, 1.82) is 0 Å². The van der Waals surface area contributed by atoms with Crippen molar-refractivity contribution < 1.29 is 24.2 Å². The van der Waals surface area contributed by atoms with Gasteiger partial charge in [-0.1, -0.05) is 6.07 Å². The molecular formula is C19H27NO5. The number of amides is 1. The second-order valence-electron chi connectivity index (χ2n) is 6.50. The molecule has 1 aliphatic rings. The Morgan fingerprint density at radius 1 is 1.24 bits per heavy atom. The predicted molar refractivity (Wildman–Crippen MR) is 95.0 cm³/mol. The predicted octanol–water partition coefficient (Wildman–Crippen LogP) is 3.38. The third-order valence-electron chi connectivity index (χ3n) is 4.33. The average Bonchev–Trinajstić information content (AvgIpc) is 2.60. The summed E-state index contributed by atoms with van der Waals surface area (Å²) in [5.41, 5.74) is 1.74. The maximum atomic E-state index is 11.9. The van der Waals surface area contributed by atoms with Crippen molar-refractivity contribution in [1.82, 2.24) is 0 Å². The van der Waals surface area contributed by atoms with E-state index in [4.69, 9.17) is 14.6 Å². The summed E-state index contributed by atoms with van der Waals surface area (Å²) in [5.74, 6) is 0.366. The van der Waals surface area contributed by atoms with Gasteiger partial charge in [-0.2, -0.15) is 0 Å². The van der Waals surface area contributed by atoms with Gasteiger partial charge in [0.05, 0.1) is 6.61 Å². The maximum absolute atomic E-state index is 11.9. The summed E-state index contributed by atoms with van der Waals surface area (Å²) >= 11 is 0. The molecule has 1 amide bonds. The summed E-state index contributed by atoms with van der Waals surface area (Å²) in [7, 11) is 0. The molecule has 1 fully saturated rings. The van der Waals surface area contributed by atoms with Gasteiger partial charge in [0.15, 0.2) is 0 Å². The fourth-order valence-electron chi connectivity index (χ4n) is 2.74. The number of unbranched alkanes of at least 4 members (excludes halogenated alkanes) is 1. The standard InChI is InChI=1S/C19H27NO5/c1-14-6-7-16(20-18(21)4-2-3-5-19(22)23)12-17(14)25-13-15-8-10-24-11-9-15/h6-7,12,15H,2-5,8-11,13H2,1H3,(H,20,21)(H,22,23). The minimum Gasteiger partial charge on any atom is -0.493 e. The van der Waals surface area contributed by atoms with E-state index in [0.717, 1.165) is 37.4 Å². The van der Waals surface area contributed by atoms with Crippen molar-refractivity contribution in [2.45, 2.75) is 45.4 Å². The molecule has 0 aliphatic carbocycles. The number of rotatable bonds is 9. The van der Waals surface area contributed by atoms with E-state index in [1.165, 1.54) is 0 Å². The number of anilines is 1. The highest BCUT2D eigenvalue weighted by molar-refractivity contribution is 5.90. The van der Waals surface area contributed by atoms with Crippen LogP contribution in [0.25, 0.3) is 0 Å². The van der Waals surface area contributed by atoms with E-state index in [9.17, 15) is 9.59 Å². The molecule has 0 unspecified atom stereocenters. The van der Waals surface area contributed by atoms with Gasteiger partial charge in [-0.3, -0.25) is 9.59 Å². The largest absolute Gasteiger partial charge is 0.493 e. The van der Waals surface area contributed by atoms with Gasteiger partial charge in [0.2, 0.25) is 5.91 Å². The summed E-state index contributed by atoms with van der Waals surface area (Å²) in [4.78, 5) is 22.4. The Bertz CT molecular complexity index is 581. The minimum absolute atomic E-state index is 0.0992. The summed E-state index contributed by atoms with van der Waals surface area (Å²) < 4.78 is 11.3. The molecule has 6 nitrogen and oxygen atoms in total. The van der Waals surface area contributed by atoms with Crippen molar-refractivity contribution in [2.24, 2.45) is 5.92 Å². The minimum atomic E-state index is -0.828. The lowest BCUT2D eigenvalue weighted by Crippen LogP contribution is -2.21. The number of carboxylic acids is 1. The van der Waals surface area contributed by atoms with Crippen molar-refractivity contribution in [3.8, 4) is 5.75 Å². The highest BCUT2D eigenvalue weighted by Crippen LogP contribution is 2.25. The molecule has 0 bridgehead atoms. The summed E-state index contributed by atoms with van der Waals surface area (Å²) in [5, 5.41) is 11.4. The fraction of sp³-hybridized carbons (Fsp3) is 0.579. The van der Waals surface area contributed by atoms with Gasteiger partial charge in [0.1, 0.15) is 5.75 Å². The van der Waals surface area contributed by atoms with Crippen LogP contribution in [-0.4, -0.2) is 36.8 Å². The second kappa shape index (κ2) is 10.0. The number of aryl methyl sites for hydroxylation is 1. The van der Waals surface area contributed by atoms with Crippen LogP contribution in [0, 0.1) is 12.8 Å². The van der Waals surface area contributed by atoms with Gasteiger partial charge in [-0.15, -0.1) is 0 Å². The Hall–Kier alpha value is -2.08. The smallest absolute Gasteiger partial charge is 0.303 e. The summed E-state index contributed by atoms with van der Waals surface area (Å²) in [6.07, 6.45) is 3.53. The number of carboxylic acid groups (broad SMARTS) is 1. The molecule has 2 rings (SSSR count). The van der Waals surface area contributed by atoms with Crippen LogP contribution in [-0.2, 0) is 14.3 Å². The quantitative estimate of drug-likeness (QED) is 0.668. The molecule has 1 aliphatic heterocycles. The molecule has 138 valence electrons. The zero-order chi connectivity index (χ0) is 18.1. The Balaban J connectivity index is 1.80. The molecule has 25 heavy (non-hydrogen) atoms. The number of carbonyl (C=O) groups is 2. The Labute approximate surface area is 148 Å². The fourth-order valence-corrected chi connectivity index (χ4v) is 2.74. The normalized spacial score (nSPS) is 14.9. The number of benzene rings is 1. The van der Waals surface area contributed by atoms with E-state index in [1.807, 2.05) is 25.1 Å². The topological polar surface area (TPSA) is 84.9 Å². The first kappa shape index (κ1) is 19.2. The van der Waals surface area contributed by atoms with Gasteiger partial charge in [-0.05, 0) is 50.2 Å². The van der Waals surface area contributed by atoms with Gasteiger partial charge in [0.25, 0.3) is 0 Å². The van der Waals surface area contributed by atoms with Crippen LogP contribution in [0.4, 0.5) is 5.69 Å². The van der Waals surface area contributed by atoms with Crippen LogP contribution in [0.15, 0.2) is 18.2 Å². The molecular weight excluding hydrogens is 322 g/mol. The van der Waals surface area contributed by atoms with Gasteiger partial charge < -0.3 is 19.9 Å². The molecule has 6 heteroatoms. The zero-order valence-corrected chi connectivity index (χ0v) is 14.8. The van der Waals surface area contributed by atoms with E-state index >= 15 is 0 Å². The molecule has 2 N–H and O–H groups in total. The Morgan fingerprint density at radius 2 is 1.96 bits per heavy atom. The lowest BCUT2D eigenvalue weighted by Gasteiger charge is -2.22. The van der Waals surface area contributed by atoms with Crippen LogP contribution < -0.4 is 10.1 Å². The first-order valence-corrected chi connectivity index (χ1v) is 8.87. The number of nitrogens with one attached hydrogen (secondary N) is 1. The molecule has 1 aromatic rings. The summed E-state index contributed by atoms with van der Waals surface area (Å²) in [6, 6.07) is 5.63. The number of aliphatic carboxylic acids is 1. The molecule has 0 saturated carbocycles. The molecule has 0 aromatic heterocycles. The SMILES string of the molecule is Cc1ccc(NC(=O)CCCCC(=O)O)cc1OCC1CCOCC1. The lowest BCUT2D eigenvalue weighted by atomic mass is 10.0. The maximum Gasteiger partial charge on any atom is 0.303 e. The molecule has 1 heterocycles. The van der Waals surface area contributed by atoms with Gasteiger partial charge in [-0.25, -0.2) is 0 Å². The van der Waals surface area contributed by atoms with Crippen LogP contribution >= 0.6 is 0 Å². The first-order valence-electron chi connectivity index (χ1n) is 8.87. The monoisotopic (exact) mass is 349 g/mol. The molecule has 0 atom stereocenters. The lowest BCUT2D eigenvalue weighted by molar-refractivity contribution is -0.137. The van der Waals surface area contributed by atoms with Crippen molar-refractivity contribution in [2.75, 3.05) is 25.1 Å². The third kappa shape index (κ3) is 7.13. The molecule has 0 spiro atoms. The Morgan fingerprint density at radius 3 is 2.68 bits per heavy atom. The molecule has 0 radical (unpaired) electrons. The van der Waals surface area contributed by atoms with E-state index < -0.39 is 5.97 Å². The van der Waals surface area contributed by atoms with Gasteiger partial charge in [0, 0.05) is 37.8 Å². The van der Waals surface area contributed by atoms with Crippen LogP contribution in [0.1, 0.15) is 44.1 Å². The highest BCUT2D eigenvalue weighted by Gasteiger charge is 2.15. The van der Waals surface area contributed by atoms with E-state index in [1.54, 1.807) is 0 Å². The van der Waals surface area contributed by atoms with E-state index in [-0.39, 0.29) is 12.3 Å². The van der Waals surface area contributed by atoms with Crippen molar-refractivity contribution in [3.63, 3.8) is 0 Å².